The zero-order valence-corrected chi connectivity index (χ0v) is 13.1. The molecule has 0 saturated heterocycles. The Morgan fingerprint density at radius 2 is 1.25 bits per heavy atom. The van der Waals surface area contributed by atoms with Gasteiger partial charge in [0.1, 0.15) is 6.79 Å². The summed E-state index contributed by atoms with van der Waals surface area (Å²) in [5.41, 5.74) is 1.60. The third-order valence-electron chi connectivity index (χ3n) is 7.88. The van der Waals surface area contributed by atoms with Crippen LogP contribution in [0.1, 0.15) is 77.0 Å². The largest absolute Gasteiger partial charge is 0.359 e. The summed E-state index contributed by atoms with van der Waals surface area (Å²) in [5.74, 6) is 1.09. The van der Waals surface area contributed by atoms with E-state index in [-0.39, 0.29) is 5.60 Å². The van der Waals surface area contributed by atoms with Crippen molar-refractivity contribution >= 4 is 0 Å². The lowest BCUT2D eigenvalue weighted by atomic mass is 9.42. The van der Waals surface area contributed by atoms with Gasteiger partial charge in [0.2, 0.25) is 0 Å². The van der Waals surface area contributed by atoms with E-state index in [1.165, 1.54) is 57.8 Å². The minimum absolute atomic E-state index is 0.181. The average Bonchev–Trinajstić information content (AvgIpc) is 2.56. The number of ether oxygens (including phenoxy) is 2. The van der Waals surface area contributed by atoms with Crippen molar-refractivity contribution in [1.29, 1.82) is 0 Å². The SMILES string of the molecule is COCOC12CCC(C34CCC(CC3)CC4)(CC1)CC2. The standard InChI is InChI=1S/C18H30O2/c1-19-14-20-18-11-8-17(9-12-18,10-13-18)16-5-2-15(3-6-16)4-7-16/h15H,2-14H2,1H3. The minimum Gasteiger partial charge on any atom is -0.359 e. The molecule has 0 aromatic carbocycles. The highest BCUT2D eigenvalue weighted by atomic mass is 16.7. The van der Waals surface area contributed by atoms with E-state index in [0.717, 1.165) is 11.3 Å². The van der Waals surface area contributed by atoms with Gasteiger partial charge in [-0.25, -0.2) is 0 Å². The molecule has 6 aliphatic rings. The van der Waals surface area contributed by atoms with Gasteiger partial charge in [-0.05, 0) is 93.8 Å². The van der Waals surface area contributed by atoms with Crippen LogP contribution in [0, 0.1) is 16.7 Å². The zero-order chi connectivity index (χ0) is 13.7. The van der Waals surface area contributed by atoms with Crippen LogP contribution in [-0.4, -0.2) is 19.5 Å². The summed E-state index contributed by atoms with van der Waals surface area (Å²) in [4.78, 5) is 0. The number of rotatable bonds is 4. The molecule has 0 spiro atoms. The highest BCUT2D eigenvalue weighted by molar-refractivity contribution is 5.11. The fourth-order valence-electron chi connectivity index (χ4n) is 6.39. The molecule has 0 atom stereocenters. The van der Waals surface area contributed by atoms with E-state index in [1.54, 1.807) is 26.4 Å². The van der Waals surface area contributed by atoms with Crippen molar-refractivity contribution in [3.8, 4) is 0 Å². The fourth-order valence-corrected chi connectivity index (χ4v) is 6.39. The Morgan fingerprint density at radius 1 is 0.750 bits per heavy atom. The third kappa shape index (κ3) is 1.83. The third-order valence-corrected chi connectivity index (χ3v) is 7.88. The zero-order valence-electron chi connectivity index (χ0n) is 13.1. The van der Waals surface area contributed by atoms with Crippen molar-refractivity contribution in [2.24, 2.45) is 16.7 Å². The van der Waals surface area contributed by atoms with E-state index in [2.05, 4.69) is 0 Å². The molecular weight excluding hydrogens is 248 g/mol. The van der Waals surface area contributed by atoms with Gasteiger partial charge in [0.05, 0.1) is 5.60 Å². The first-order chi connectivity index (χ1) is 9.72. The van der Waals surface area contributed by atoms with Gasteiger partial charge in [-0.3, -0.25) is 0 Å². The smallest absolute Gasteiger partial charge is 0.147 e. The Bertz CT molecular complexity index is 329. The maximum atomic E-state index is 6.09. The summed E-state index contributed by atoms with van der Waals surface area (Å²) in [6, 6.07) is 0. The molecular formula is C18H30O2. The molecule has 0 aromatic rings. The molecule has 0 heterocycles. The molecule has 0 amide bonds. The second-order valence-electron chi connectivity index (χ2n) is 8.28. The highest BCUT2D eigenvalue weighted by Gasteiger charge is 2.60. The van der Waals surface area contributed by atoms with Crippen LogP contribution in [0.5, 0.6) is 0 Å². The normalized spacial score (nSPS) is 50.5. The number of hydrogen-bond donors (Lipinski definition) is 0. The molecule has 0 aliphatic heterocycles. The van der Waals surface area contributed by atoms with Crippen molar-refractivity contribution in [3.05, 3.63) is 0 Å². The van der Waals surface area contributed by atoms with E-state index < -0.39 is 0 Å². The maximum Gasteiger partial charge on any atom is 0.147 e. The first kappa shape index (κ1) is 13.6. The Kier molecular flexibility index (Phi) is 3.20. The van der Waals surface area contributed by atoms with Crippen molar-refractivity contribution in [2.75, 3.05) is 13.9 Å². The fraction of sp³-hybridized carbons (Fsp3) is 1.00. The molecule has 6 saturated carbocycles. The Balaban J connectivity index is 1.51. The van der Waals surface area contributed by atoms with Crippen LogP contribution in [-0.2, 0) is 9.47 Å². The lowest BCUT2D eigenvalue weighted by Gasteiger charge is -2.64. The summed E-state index contributed by atoms with van der Waals surface area (Å²) >= 11 is 0. The number of hydrogen-bond acceptors (Lipinski definition) is 2. The van der Waals surface area contributed by atoms with Gasteiger partial charge in [0, 0.05) is 7.11 Å². The lowest BCUT2D eigenvalue weighted by Crippen LogP contribution is -2.57. The molecule has 0 unspecified atom stereocenters. The second kappa shape index (κ2) is 4.71. The molecule has 0 radical (unpaired) electrons. The van der Waals surface area contributed by atoms with Crippen LogP contribution in [0.4, 0.5) is 0 Å². The van der Waals surface area contributed by atoms with Gasteiger partial charge < -0.3 is 9.47 Å². The summed E-state index contributed by atoms with van der Waals surface area (Å²) in [6.45, 7) is 0.486. The molecule has 2 nitrogen and oxygen atoms in total. The van der Waals surface area contributed by atoms with Crippen LogP contribution in [0.3, 0.4) is 0 Å². The summed E-state index contributed by atoms with van der Waals surface area (Å²) in [6.07, 6.45) is 17.4. The van der Waals surface area contributed by atoms with Crippen molar-refractivity contribution < 1.29 is 9.47 Å². The molecule has 0 N–H and O–H groups in total. The Morgan fingerprint density at radius 3 is 1.75 bits per heavy atom. The average molecular weight is 278 g/mol. The molecule has 20 heavy (non-hydrogen) atoms. The van der Waals surface area contributed by atoms with E-state index in [0.29, 0.717) is 12.2 Å². The molecule has 2 heteroatoms. The van der Waals surface area contributed by atoms with Crippen molar-refractivity contribution in [3.63, 3.8) is 0 Å². The summed E-state index contributed by atoms with van der Waals surface area (Å²) in [7, 11) is 1.74. The van der Waals surface area contributed by atoms with Crippen LogP contribution in [0.25, 0.3) is 0 Å². The molecule has 6 rings (SSSR count). The lowest BCUT2D eigenvalue weighted by molar-refractivity contribution is -0.216. The van der Waals surface area contributed by atoms with Crippen molar-refractivity contribution in [1.82, 2.24) is 0 Å². The predicted octanol–water partition coefficient (Wildman–Crippen LogP) is 4.67. The Hall–Kier alpha value is -0.0800. The molecule has 6 fully saturated rings. The van der Waals surface area contributed by atoms with E-state index >= 15 is 0 Å². The van der Waals surface area contributed by atoms with Gasteiger partial charge in [-0.1, -0.05) is 0 Å². The summed E-state index contributed by atoms with van der Waals surface area (Å²) < 4.78 is 11.2. The van der Waals surface area contributed by atoms with E-state index in [9.17, 15) is 0 Å². The molecule has 114 valence electrons. The van der Waals surface area contributed by atoms with Crippen LogP contribution in [0.2, 0.25) is 0 Å². The van der Waals surface area contributed by atoms with Gasteiger partial charge in [-0.2, -0.15) is 0 Å². The first-order valence-corrected chi connectivity index (χ1v) is 8.85. The van der Waals surface area contributed by atoms with Crippen molar-refractivity contribution in [2.45, 2.75) is 82.7 Å². The second-order valence-corrected chi connectivity index (χ2v) is 8.28. The Labute approximate surface area is 123 Å². The van der Waals surface area contributed by atoms with Gasteiger partial charge in [0.15, 0.2) is 0 Å². The highest BCUT2D eigenvalue weighted by Crippen LogP contribution is 2.69. The van der Waals surface area contributed by atoms with Crippen LogP contribution >= 0.6 is 0 Å². The van der Waals surface area contributed by atoms with Crippen LogP contribution in [0.15, 0.2) is 0 Å². The monoisotopic (exact) mass is 278 g/mol. The number of fused-ring (bicyclic) bond motifs is 6. The summed E-state index contributed by atoms with van der Waals surface area (Å²) in [5, 5.41) is 0. The van der Waals surface area contributed by atoms with Gasteiger partial charge in [0.25, 0.3) is 0 Å². The molecule has 0 aromatic heterocycles. The first-order valence-electron chi connectivity index (χ1n) is 8.85. The topological polar surface area (TPSA) is 18.5 Å². The number of methoxy groups -OCH3 is 1. The maximum absolute atomic E-state index is 6.09. The molecule has 6 aliphatic carbocycles. The van der Waals surface area contributed by atoms with Gasteiger partial charge in [-0.15, -0.1) is 0 Å². The molecule has 4 bridgehead atoms. The quantitative estimate of drug-likeness (QED) is 0.696. The van der Waals surface area contributed by atoms with Crippen LogP contribution < -0.4 is 0 Å². The van der Waals surface area contributed by atoms with Gasteiger partial charge >= 0.3 is 0 Å². The van der Waals surface area contributed by atoms with E-state index in [1.807, 2.05) is 0 Å². The minimum atomic E-state index is 0.181. The van der Waals surface area contributed by atoms with E-state index in [4.69, 9.17) is 9.47 Å². The predicted molar refractivity (Wildman–Crippen MR) is 79.5 cm³/mol.